The van der Waals surface area contributed by atoms with Crippen molar-refractivity contribution in [3.8, 4) is 17.1 Å². The highest BCUT2D eigenvalue weighted by Gasteiger charge is 2.14. The van der Waals surface area contributed by atoms with E-state index >= 15 is 0 Å². The molecule has 5 heteroatoms. The van der Waals surface area contributed by atoms with Crippen LogP contribution >= 0.6 is 27.7 Å². The first-order valence-electron chi connectivity index (χ1n) is 6.10. The van der Waals surface area contributed by atoms with E-state index in [1.54, 1.807) is 11.8 Å². The van der Waals surface area contributed by atoms with Crippen molar-refractivity contribution >= 4 is 27.7 Å². The Balaban J connectivity index is 2.17. The minimum atomic E-state index is 0.855. The molecule has 0 radical (unpaired) electrons. The molecule has 0 saturated carbocycles. The van der Waals surface area contributed by atoms with Gasteiger partial charge in [0.1, 0.15) is 0 Å². The molecular formula is C15H12BrN3S. The number of para-hydroxylation sites is 1. The maximum Gasteiger partial charge on any atom is 0.195 e. The second-order valence-electron chi connectivity index (χ2n) is 4.19. The molecule has 3 nitrogen and oxygen atoms in total. The molecule has 0 aliphatic rings. The molecule has 100 valence electrons. The van der Waals surface area contributed by atoms with Crippen molar-refractivity contribution in [2.45, 2.75) is 5.16 Å². The molecule has 0 aliphatic carbocycles. The summed E-state index contributed by atoms with van der Waals surface area (Å²) in [6.45, 7) is 0. The number of rotatable bonds is 3. The van der Waals surface area contributed by atoms with E-state index in [4.69, 9.17) is 0 Å². The van der Waals surface area contributed by atoms with Gasteiger partial charge in [0, 0.05) is 15.7 Å². The molecule has 0 unspecified atom stereocenters. The average molecular weight is 346 g/mol. The molecule has 0 aliphatic heterocycles. The van der Waals surface area contributed by atoms with Crippen molar-refractivity contribution in [1.29, 1.82) is 0 Å². The third-order valence-corrected chi connectivity index (χ3v) is 4.09. The fraction of sp³-hybridized carbons (Fsp3) is 0.0667. The van der Waals surface area contributed by atoms with Gasteiger partial charge in [0.05, 0.1) is 0 Å². The fourth-order valence-electron chi connectivity index (χ4n) is 2.00. The summed E-state index contributed by atoms with van der Waals surface area (Å²) in [6, 6.07) is 18.3. The SMILES string of the molecule is CSc1nnc(-c2ccc(Br)cc2)n1-c1ccccc1. The molecule has 0 bridgehead atoms. The number of hydrogen-bond donors (Lipinski definition) is 0. The van der Waals surface area contributed by atoms with Gasteiger partial charge in [0.25, 0.3) is 0 Å². The molecule has 20 heavy (non-hydrogen) atoms. The topological polar surface area (TPSA) is 30.7 Å². The summed E-state index contributed by atoms with van der Waals surface area (Å²) in [5, 5.41) is 9.50. The molecule has 0 atom stereocenters. The lowest BCUT2D eigenvalue weighted by Crippen LogP contribution is -1.98. The van der Waals surface area contributed by atoms with Gasteiger partial charge in [-0.1, -0.05) is 58.0 Å². The molecular weight excluding hydrogens is 334 g/mol. The monoisotopic (exact) mass is 345 g/mol. The third-order valence-electron chi connectivity index (χ3n) is 2.93. The number of nitrogens with zero attached hydrogens (tertiary/aromatic N) is 3. The number of benzene rings is 2. The first-order chi connectivity index (χ1) is 9.79. The third kappa shape index (κ3) is 2.51. The summed E-state index contributed by atoms with van der Waals surface area (Å²) >= 11 is 5.04. The van der Waals surface area contributed by atoms with E-state index in [0.717, 1.165) is 26.7 Å². The maximum atomic E-state index is 4.34. The highest BCUT2D eigenvalue weighted by molar-refractivity contribution is 9.10. The summed E-state index contributed by atoms with van der Waals surface area (Å²) in [6.07, 6.45) is 2.01. The number of halogens is 1. The van der Waals surface area contributed by atoms with Gasteiger partial charge in [0.2, 0.25) is 0 Å². The Labute approximate surface area is 130 Å². The van der Waals surface area contributed by atoms with E-state index in [9.17, 15) is 0 Å². The van der Waals surface area contributed by atoms with Crippen molar-refractivity contribution in [3.05, 3.63) is 59.1 Å². The van der Waals surface area contributed by atoms with Crippen LogP contribution in [0.15, 0.2) is 64.2 Å². The summed E-state index contributed by atoms with van der Waals surface area (Å²) in [5.74, 6) is 0.855. The molecule has 1 heterocycles. The maximum absolute atomic E-state index is 4.34. The minimum absolute atomic E-state index is 0.855. The van der Waals surface area contributed by atoms with Crippen molar-refractivity contribution < 1.29 is 0 Å². The molecule has 0 fully saturated rings. The Morgan fingerprint density at radius 3 is 2.30 bits per heavy atom. The highest BCUT2D eigenvalue weighted by atomic mass is 79.9. The van der Waals surface area contributed by atoms with Crippen molar-refractivity contribution in [3.63, 3.8) is 0 Å². The van der Waals surface area contributed by atoms with Crippen LogP contribution in [0.4, 0.5) is 0 Å². The molecule has 1 aromatic heterocycles. The van der Waals surface area contributed by atoms with Gasteiger partial charge in [0.15, 0.2) is 11.0 Å². The van der Waals surface area contributed by atoms with Crippen LogP contribution in [0.25, 0.3) is 17.1 Å². The first-order valence-corrected chi connectivity index (χ1v) is 8.12. The van der Waals surface area contributed by atoms with Gasteiger partial charge < -0.3 is 0 Å². The van der Waals surface area contributed by atoms with Gasteiger partial charge in [-0.05, 0) is 30.5 Å². The van der Waals surface area contributed by atoms with Gasteiger partial charge in [-0.25, -0.2) is 0 Å². The molecule has 0 saturated heterocycles. The largest absolute Gasteiger partial charge is 0.270 e. The fourth-order valence-corrected chi connectivity index (χ4v) is 2.76. The quantitative estimate of drug-likeness (QED) is 0.658. The van der Waals surface area contributed by atoms with E-state index in [-0.39, 0.29) is 0 Å². The zero-order valence-corrected chi connectivity index (χ0v) is 13.2. The normalized spacial score (nSPS) is 10.7. The number of aromatic nitrogens is 3. The van der Waals surface area contributed by atoms with Crippen LogP contribution in [-0.4, -0.2) is 21.0 Å². The lowest BCUT2D eigenvalue weighted by atomic mass is 10.2. The lowest BCUT2D eigenvalue weighted by Gasteiger charge is -2.09. The van der Waals surface area contributed by atoms with Crippen LogP contribution in [0.2, 0.25) is 0 Å². The second-order valence-corrected chi connectivity index (χ2v) is 5.88. The van der Waals surface area contributed by atoms with Gasteiger partial charge in [-0.3, -0.25) is 4.57 Å². The lowest BCUT2D eigenvalue weighted by molar-refractivity contribution is 0.889. The summed E-state index contributed by atoms with van der Waals surface area (Å²) in [7, 11) is 0. The summed E-state index contributed by atoms with van der Waals surface area (Å²) in [5.41, 5.74) is 2.12. The molecule has 0 amide bonds. The zero-order valence-electron chi connectivity index (χ0n) is 10.8. The predicted molar refractivity (Wildman–Crippen MR) is 86.3 cm³/mol. The Morgan fingerprint density at radius 1 is 0.950 bits per heavy atom. The number of thioether (sulfide) groups is 1. The van der Waals surface area contributed by atoms with E-state index in [1.165, 1.54) is 0 Å². The van der Waals surface area contributed by atoms with E-state index < -0.39 is 0 Å². The van der Waals surface area contributed by atoms with Crippen LogP contribution in [0.5, 0.6) is 0 Å². The van der Waals surface area contributed by atoms with Gasteiger partial charge in [-0.15, -0.1) is 10.2 Å². The van der Waals surface area contributed by atoms with E-state index in [0.29, 0.717) is 0 Å². The molecule has 3 rings (SSSR count). The van der Waals surface area contributed by atoms with Crippen molar-refractivity contribution in [2.75, 3.05) is 6.26 Å². The van der Waals surface area contributed by atoms with Crippen LogP contribution in [0, 0.1) is 0 Å². The molecule has 3 aromatic rings. The van der Waals surface area contributed by atoms with Crippen LogP contribution in [0.1, 0.15) is 0 Å². The van der Waals surface area contributed by atoms with Crippen LogP contribution in [-0.2, 0) is 0 Å². The summed E-state index contributed by atoms with van der Waals surface area (Å²) < 4.78 is 3.13. The Hall–Kier alpha value is -1.59. The van der Waals surface area contributed by atoms with Crippen LogP contribution < -0.4 is 0 Å². The van der Waals surface area contributed by atoms with E-state index in [1.807, 2.05) is 48.7 Å². The number of hydrogen-bond acceptors (Lipinski definition) is 3. The second kappa shape index (κ2) is 5.81. The Bertz CT molecular complexity index is 708. The molecule has 2 aromatic carbocycles. The smallest absolute Gasteiger partial charge is 0.195 e. The molecule has 0 N–H and O–H groups in total. The highest BCUT2D eigenvalue weighted by Crippen LogP contribution is 2.27. The average Bonchev–Trinajstić information content (AvgIpc) is 2.93. The predicted octanol–water partition coefficient (Wildman–Crippen LogP) is 4.42. The van der Waals surface area contributed by atoms with E-state index in [2.05, 4.69) is 42.8 Å². The zero-order chi connectivity index (χ0) is 13.9. The van der Waals surface area contributed by atoms with Gasteiger partial charge >= 0.3 is 0 Å². The Kier molecular flexibility index (Phi) is 3.89. The standard InChI is InChI=1S/C15H12BrN3S/c1-20-15-18-17-14(11-7-9-12(16)10-8-11)19(15)13-5-3-2-4-6-13/h2-10H,1H3. The van der Waals surface area contributed by atoms with Gasteiger partial charge in [-0.2, -0.15) is 0 Å². The first kappa shape index (κ1) is 13.4. The van der Waals surface area contributed by atoms with Crippen molar-refractivity contribution in [2.24, 2.45) is 0 Å². The minimum Gasteiger partial charge on any atom is -0.270 e. The molecule has 0 spiro atoms. The summed E-state index contributed by atoms with van der Waals surface area (Å²) in [4.78, 5) is 0. The Morgan fingerprint density at radius 2 is 1.65 bits per heavy atom. The van der Waals surface area contributed by atoms with Crippen molar-refractivity contribution in [1.82, 2.24) is 14.8 Å². The van der Waals surface area contributed by atoms with Crippen LogP contribution in [0.3, 0.4) is 0 Å².